The highest BCUT2D eigenvalue weighted by molar-refractivity contribution is 5.94. The molecule has 1 aliphatic rings. The van der Waals surface area contributed by atoms with Gasteiger partial charge in [0.1, 0.15) is 5.75 Å². The Hall–Kier alpha value is -1.62. The van der Waals surface area contributed by atoms with E-state index in [-0.39, 0.29) is 17.4 Å². The van der Waals surface area contributed by atoms with Gasteiger partial charge >= 0.3 is 0 Å². The number of likely N-dealkylation sites (N-methyl/N-ethyl adjacent to an activating group) is 1. The van der Waals surface area contributed by atoms with Crippen LogP contribution in [0.5, 0.6) is 5.75 Å². The molecule has 2 N–H and O–H groups in total. The van der Waals surface area contributed by atoms with Crippen molar-refractivity contribution in [1.82, 2.24) is 15.2 Å². The summed E-state index contributed by atoms with van der Waals surface area (Å²) in [7, 11) is 0. The zero-order valence-electron chi connectivity index (χ0n) is 10.6. The van der Waals surface area contributed by atoms with E-state index >= 15 is 0 Å². The molecule has 0 aromatic carbocycles. The first-order valence-corrected chi connectivity index (χ1v) is 6.39. The average Bonchev–Trinajstić information content (AvgIpc) is 2.88. The molecule has 1 fully saturated rings. The van der Waals surface area contributed by atoms with Crippen LogP contribution >= 0.6 is 0 Å². The third-order valence-electron chi connectivity index (χ3n) is 3.26. The molecule has 2 heterocycles. The van der Waals surface area contributed by atoms with Crippen molar-refractivity contribution >= 4 is 5.91 Å². The zero-order chi connectivity index (χ0) is 13.0. The van der Waals surface area contributed by atoms with Crippen LogP contribution in [0, 0.1) is 0 Å². The Kier molecular flexibility index (Phi) is 4.15. The number of carbonyl (C=O) groups excluding carboxylic acids is 1. The first kappa shape index (κ1) is 12.8. The van der Waals surface area contributed by atoms with Gasteiger partial charge in [-0.05, 0) is 38.4 Å². The zero-order valence-corrected chi connectivity index (χ0v) is 10.6. The minimum Gasteiger partial charge on any atom is -0.505 e. The summed E-state index contributed by atoms with van der Waals surface area (Å²) in [5.41, 5.74) is 0.136. The molecule has 1 aromatic rings. The van der Waals surface area contributed by atoms with E-state index in [1.165, 1.54) is 12.3 Å². The predicted octanol–water partition coefficient (Wildman–Crippen LogP) is 1.00. The summed E-state index contributed by atoms with van der Waals surface area (Å²) in [6.07, 6.45) is 3.78. The van der Waals surface area contributed by atoms with Crippen molar-refractivity contribution in [2.45, 2.75) is 25.8 Å². The van der Waals surface area contributed by atoms with Crippen LogP contribution in [0.3, 0.4) is 0 Å². The molecule has 5 heteroatoms. The van der Waals surface area contributed by atoms with Crippen molar-refractivity contribution in [3.63, 3.8) is 0 Å². The number of pyridine rings is 1. The molecule has 0 saturated carbocycles. The van der Waals surface area contributed by atoms with Crippen LogP contribution in [-0.4, -0.2) is 46.6 Å². The van der Waals surface area contributed by atoms with E-state index in [0.29, 0.717) is 19.1 Å². The Bertz CT molecular complexity index is 416. The highest BCUT2D eigenvalue weighted by atomic mass is 16.3. The fourth-order valence-electron chi connectivity index (χ4n) is 2.25. The summed E-state index contributed by atoms with van der Waals surface area (Å²) >= 11 is 0. The van der Waals surface area contributed by atoms with Gasteiger partial charge in [-0.3, -0.25) is 4.79 Å². The van der Waals surface area contributed by atoms with Crippen molar-refractivity contribution in [3.05, 3.63) is 24.0 Å². The van der Waals surface area contributed by atoms with Gasteiger partial charge in [0, 0.05) is 25.3 Å². The van der Waals surface area contributed by atoms with Gasteiger partial charge in [-0.15, -0.1) is 0 Å². The summed E-state index contributed by atoms with van der Waals surface area (Å²) in [6, 6.07) is 3.46. The summed E-state index contributed by atoms with van der Waals surface area (Å²) in [4.78, 5) is 17.9. The molecular weight excluding hydrogens is 230 g/mol. The summed E-state index contributed by atoms with van der Waals surface area (Å²) in [6.45, 7) is 4.25. The monoisotopic (exact) mass is 249 g/mol. The number of hydrogen-bond acceptors (Lipinski definition) is 4. The van der Waals surface area contributed by atoms with E-state index in [1.54, 1.807) is 11.0 Å². The molecule has 1 aromatic heterocycles. The van der Waals surface area contributed by atoms with Crippen LogP contribution in [0.4, 0.5) is 0 Å². The third-order valence-corrected chi connectivity index (χ3v) is 3.26. The van der Waals surface area contributed by atoms with E-state index in [9.17, 15) is 9.90 Å². The van der Waals surface area contributed by atoms with E-state index in [0.717, 1.165) is 19.4 Å². The van der Waals surface area contributed by atoms with Crippen molar-refractivity contribution in [1.29, 1.82) is 0 Å². The lowest BCUT2D eigenvalue weighted by Gasteiger charge is -2.24. The largest absolute Gasteiger partial charge is 0.505 e. The van der Waals surface area contributed by atoms with Crippen LogP contribution in [0.15, 0.2) is 18.3 Å². The van der Waals surface area contributed by atoms with Crippen molar-refractivity contribution < 1.29 is 9.90 Å². The van der Waals surface area contributed by atoms with Gasteiger partial charge in [0.05, 0.1) is 0 Å². The van der Waals surface area contributed by atoms with Gasteiger partial charge in [0.15, 0.2) is 5.69 Å². The van der Waals surface area contributed by atoms with Gasteiger partial charge in [0.2, 0.25) is 0 Å². The number of carbonyl (C=O) groups is 1. The van der Waals surface area contributed by atoms with Gasteiger partial charge in [-0.1, -0.05) is 0 Å². The molecule has 0 radical (unpaired) electrons. The Morgan fingerprint density at radius 1 is 1.67 bits per heavy atom. The number of nitrogens with zero attached hydrogens (tertiary/aromatic N) is 2. The fourth-order valence-corrected chi connectivity index (χ4v) is 2.25. The second-order valence-electron chi connectivity index (χ2n) is 4.51. The van der Waals surface area contributed by atoms with Gasteiger partial charge in [0.25, 0.3) is 5.91 Å². The predicted molar refractivity (Wildman–Crippen MR) is 68.5 cm³/mol. The van der Waals surface area contributed by atoms with Crippen molar-refractivity contribution in [2.75, 3.05) is 19.6 Å². The van der Waals surface area contributed by atoms with Crippen LogP contribution in [0.1, 0.15) is 30.3 Å². The molecule has 1 amide bonds. The van der Waals surface area contributed by atoms with E-state index in [2.05, 4.69) is 10.3 Å². The molecule has 18 heavy (non-hydrogen) atoms. The highest BCUT2D eigenvalue weighted by Crippen LogP contribution is 2.16. The smallest absolute Gasteiger partial charge is 0.276 e. The van der Waals surface area contributed by atoms with Crippen molar-refractivity contribution in [3.8, 4) is 5.75 Å². The number of hydrogen-bond donors (Lipinski definition) is 2. The molecule has 1 saturated heterocycles. The maximum absolute atomic E-state index is 12.3. The Balaban J connectivity index is 2.07. The van der Waals surface area contributed by atoms with E-state index in [4.69, 9.17) is 0 Å². The topological polar surface area (TPSA) is 65.5 Å². The third kappa shape index (κ3) is 2.79. The Labute approximate surface area is 107 Å². The van der Waals surface area contributed by atoms with Gasteiger partial charge in [-0.25, -0.2) is 4.98 Å². The SMILES string of the molecule is CCN(CC1CCCN1)C(=O)c1ncccc1O. The summed E-state index contributed by atoms with van der Waals surface area (Å²) in [5.74, 6) is -0.260. The molecule has 1 atom stereocenters. The molecule has 5 nitrogen and oxygen atoms in total. The van der Waals surface area contributed by atoms with Crippen LogP contribution < -0.4 is 5.32 Å². The maximum Gasteiger partial charge on any atom is 0.276 e. The molecule has 1 aliphatic heterocycles. The summed E-state index contributed by atoms with van der Waals surface area (Å²) in [5, 5.41) is 13.0. The first-order valence-electron chi connectivity index (χ1n) is 6.39. The number of aromatic hydroxyl groups is 1. The molecule has 0 aliphatic carbocycles. The molecule has 0 bridgehead atoms. The number of nitrogens with one attached hydrogen (secondary N) is 1. The average molecular weight is 249 g/mol. The lowest BCUT2D eigenvalue weighted by atomic mass is 10.2. The lowest BCUT2D eigenvalue weighted by Crippen LogP contribution is -2.41. The number of aromatic nitrogens is 1. The van der Waals surface area contributed by atoms with Crippen molar-refractivity contribution in [2.24, 2.45) is 0 Å². The lowest BCUT2D eigenvalue weighted by molar-refractivity contribution is 0.0742. The second-order valence-corrected chi connectivity index (χ2v) is 4.51. The quantitative estimate of drug-likeness (QED) is 0.835. The molecule has 1 unspecified atom stereocenters. The normalized spacial score (nSPS) is 18.8. The molecule has 98 valence electrons. The molecule has 2 rings (SSSR count). The van der Waals surface area contributed by atoms with Crippen LogP contribution in [0.2, 0.25) is 0 Å². The maximum atomic E-state index is 12.3. The minimum atomic E-state index is -0.204. The van der Waals surface area contributed by atoms with Crippen LogP contribution in [-0.2, 0) is 0 Å². The van der Waals surface area contributed by atoms with Gasteiger partial charge < -0.3 is 15.3 Å². The highest BCUT2D eigenvalue weighted by Gasteiger charge is 2.23. The van der Waals surface area contributed by atoms with E-state index in [1.807, 2.05) is 6.92 Å². The first-order chi connectivity index (χ1) is 8.72. The molecular formula is C13H19N3O2. The Morgan fingerprint density at radius 2 is 2.50 bits per heavy atom. The molecule has 0 spiro atoms. The standard InChI is InChI=1S/C13H19N3O2/c1-2-16(9-10-5-3-7-14-10)13(18)12-11(17)6-4-8-15-12/h4,6,8,10,14,17H,2-3,5,7,9H2,1H3. The Morgan fingerprint density at radius 3 is 3.11 bits per heavy atom. The fraction of sp³-hybridized carbons (Fsp3) is 0.538. The van der Waals surface area contributed by atoms with Crippen LogP contribution in [0.25, 0.3) is 0 Å². The number of amides is 1. The van der Waals surface area contributed by atoms with Gasteiger partial charge in [-0.2, -0.15) is 0 Å². The second kappa shape index (κ2) is 5.82. The van der Waals surface area contributed by atoms with E-state index < -0.39 is 0 Å². The summed E-state index contributed by atoms with van der Waals surface area (Å²) < 4.78 is 0. The minimum absolute atomic E-state index is 0.0552. The number of rotatable bonds is 4.